The van der Waals surface area contributed by atoms with Crippen LogP contribution in [0.5, 0.6) is 0 Å². The predicted octanol–water partition coefficient (Wildman–Crippen LogP) is 0.681. The van der Waals surface area contributed by atoms with Gasteiger partial charge in [0.2, 0.25) is 0 Å². The molecule has 1 rings (SSSR count). The summed E-state index contributed by atoms with van der Waals surface area (Å²) in [5, 5.41) is 14.4. The van der Waals surface area contributed by atoms with Gasteiger partial charge in [0, 0.05) is 16.8 Å². The molecule has 0 saturated carbocycles. The molecule has 0 aromatic heterocycles. The van der Waals surface area contributed by atoms with E-state index in [1.807, 2.05) is 0 Å². The Labute approximate surface area is 99.9 Å². The van der Waals surface area contributed by atoms with Crippen LogP contribution in [-0.4, -0.2) is 11.7 Å². The fraction of sp³-hybridized carbons (Fsp3) is 0. The van der Waals surface area contributed by atoms with Gasteiger partial charge in [0.05, 0.1) is 0 Å². The highest BCUT2D eigenvalue weighted by Gasteiger charge is 2.02. The van der Waals surface area contributed by atoms with Crippen molar-refractivity contribution in [2.24, 2.45) is 11.5 Å². The lowest BCUT2D eigenvalue weighted by Crippen LogP contribution is -2.16. The van der Waals surface area contributed by atoms with Crippen molar-refractivity contribution in [1.82, 2.24) is 0 Å². The lowest BCUT2D eigenvalue weighted by Gasteiger charge is -2.04. The summed E-state index contributed by atoms with van der Waals surface area (Å²) >= 11 is 0. The maximum Gasteiger partial charge on any atom is 0.122 e. The molecule has 0 bridgehead atoms. The molecule has 1 aromatic rings. The number of nitrogens with two attached hydrogens (primary N) is 3. The molecular formula is C8H13Cl2N5. The molecule has 0 aliphatic heterocycles. The molecule has 1 aromatic carbocycles. The van der Waals surface area contributed by atoms with Gasteiger partial charge < -0.3 is 17.2 Å². The van der Waals surface area contributed by atoms with Crippen LogP contribution in [0.2, 0.25) is 0 Å². The number of benzene rings is 1. The van der Waals surface area contributed by atoms with Crippen molar-refractivity contribution in [1.29, 1.82) is 10.8 Å². The van der Waals surface area contributed by atoms with Crippen molar-refractivity contribution in [3.05, 3.63) is 29.3 Å². The molecule has 0 aliphatic carbocycles. The van der Waals surface area contributed by atoms with Crippen LogP contribution in [0.3, 0.4) is 0 Å². The van der Waals surface area contributed by atoms with E-state index in [4.69, 9.17) is 28.0 Å². The van der Waals surface area contributed by atoms with Gasteiger partial charge in [-0.3, -0.25) is 10.8 Å². The van der Waals surface area contributed by atoms with E-state index in [1.165, 1.54) is 0 Å². The molecule has 84 valence electrons. The van der Waals surface area contributed by atoms with E-state index in [0.29, 0.717) is 16.8 Å². The van der Waals surface area contributed by atoms with Gasteiger partial charge >= 0.3 is 0 Å². The Bertz CT molecular complexity index is 345. The zero-order valence-electron chi connectivity index (χ0n) is 7.78. The first kappa shape index (κ1) is 16.0. The molecule has 0 atom stereocenters. The second-order valence-corrected chi connectivity index (χ2v) is 2.67. The van der Waals surface area contributed by atoms with Gasteiger partial charge in [0.1, 0.15) is 11.7 Å². The van der Waals surface area contributed by atoms with E-state index < -0.39 is 0 Å². The number of rotatable bonds is 2. The number of hydrogen-bond acceptors (Lipinski definition) is 3. The third-order valence-corrected chi connectivity index (χ3v) is 1.58. The molecule has 15 heavy (non-hydrogen) atoms. The molecule has 0 amide bonds. The summed E-state index contributed by atoms with van der Waals surface area (Å²) in [4.78, 5) is 0. The summed E-state index contributed by atoms with van der Waals surface area (Å²) < 4.78 is 0. The van der Waals surface area contributed by atoms with Crippen LogP contribution in [-0.2, 0) is 0 Å². The minimum absolute atomic E-state index is 0. The minimum atomic E-state index is -0.0881. The van der Waals surface area contributed by atoms with Gasteiger partial charge in [-0.05, 0) is 18.2 Å². The van der Waals surface area contributed by atoms with Gasteiger partial charge in [0.15, 0.2) is 0 Å². The zero-order valence-corrected chi connectivity index (χ0v) is 9.41. The first-order valence-corrected chi connectivity index (χ1v) is 3.60. The van der Waals surface area contributed by atoms with Crippen LogP contribution in [0.1, 0.15) is 11.1 Å². The molecule has 0 radical (unpaired) electrons. The fourth-order valence-corrected chi connectivity index (χ4v) is 0.963. The summed E-state index contributed by atoms with van der Waals surface area (Å²) in [6.07, 6.45) is 0. The number of nitrogen functional groups attached to an aromatic ring is 3. The van der Waals surface area contributed by atoms with Gasteiger partial charge in [0.25, 0.3) is 0 Å². The third kappa shape index (κ3) is 4.05. The standard InChI is InChI=1S/C8H11N5.2ClH/c9-6-2-4(7(10)11)1-5(3-6)8(12)13;;/h1-3H,9H2,(H3,10,11)(H3,12,13);2*1H. The molecular weight excluding hydrogens is 237 g/mol. The molecule has 5 nitrogen and oxygen atoms in total. The number of hydrogen-bond donors (Lipinski definition) is 5. The monoisotopic (exact) mass is 249 g/mol. The fourth-order valence-electron chi connectivity index (χ4n) is 0.963. The Morgan fingerprint density at radius 3 is 1.47 bits per heavy atom. The maximum absolute atomic E-state index is 7.18. The Balaban J connectivity index is 0. The van der Waals surface area contributed by atoms with Crippen LogP contribution >= 0.6 is 24.8 Å². The van der Waals surface area contributed by atoms with E-state index in [2.05, 4.69) is 0 Å². The van der Waals surface area contributed by atoms with Crippen molar-refractivity contribution in [2.75, 3.05) is 5.73 Å². The smallest absolute Gasteiger partial charge is 0.122 e. The summed E-state index contributed by atoms with van der Waals surface area (Å²) in [6.45, 7) is 0. The molecule has 0 unspecified atom stereocenters. The highest BCUT2D eigenvalue weighted by Crippen LogP contribution is 2.10. The van der Waals surface area contributed by atoms with Gasteiger partial charge in [-0.15, -0.1) is 24.8 Å². The van der Waals surface area contributed by atoms with E-state index in [1.54, 1.807) is 18.2 Å². The van der Waals surface area contributed by atoms with Crippen LogP contribution in [0.15, 0.2) is 18.2 Å². The Kier molecular flexibility index (Phi) is 6.51. The lowest BCUT2D eigenvalue weighted by molar-refractivity contribution is 1.39. The highest BCUT2D eigenvalue weighted by molar-refractivity contribution is 6.01. The summed E-state index contributed by atoms with van der Waals surface area (Å²) in [7, 11) is 0. The van der Waals surface area contributed by atoms with Crippen LogP contribution in [0.25, 0.3) is 0 Å². The Morgan fingerprint density at radius 2 is 1.20 bits per heavy atom. The first-order chi connectivity index (χ1) is 6.00. The van der Waals surface area contributed by atoms with Gasteiger partial charge in [-0.2, -0.15) is 0 Å². The Hall–Kier alpha value is -1.46. The zero-order chi connectivity index (χ0) is 10.0. The average molecular weight is 250 g/mol. The molecule has 0 saturated heterocycles. The quantitative estimate of drug-likeness (QED) is 0.301. The number of halogens is 2. The SMILES string of the molecule is Cl.Cl.N=C(N)c1cc(N)cc(C(=N)N)c1. The largest absolute Gasteiger partial charge is 0.399 e. The van der Waals surface area contributed by atoms with E-state index >= 15 is 0 Å². The van der Waals surface area contributed by atoms with E-state index in [0.717, 1.165) is 0 Å². The molecule has 7 heteroatoms. The predicted molar refractivity (Wildman–Crippen MR) is 67.4 cm³/mol. The molecule has 0 aliphatic rings. The van der Waals surface area contributed by atoms with Crippen LogP contribution in [0, 0.1) is 10.8 Å². The van der Waals surface area contributed by atoms with Crippen molar-refractivity contribution < 1.29 is 0 Å². The van der Waals surface area contributed by atoms with Crippen molar-refractivity contribution in [2.45, 2.75) is 0 Å². The number of amidine groups is 2. The highest BCUT2D eigenvalue weighted by atomic mass is 35.5. The molecule has 8 N–H and O–H groups in total. The summed E-state index contributed by atoms with van der Waals surface area (Å²) in [5.41, 5.74) is 17.5. The summed E-state index contributed by atoms with van der Waals surface area (Å²) in [6, 6.07) is 4.69. The molecule has 0 fully saturated rings. The maximum atomic E-state index is 7.18. The lowest BCUT2D eigenvalue weighted by atomic mass is 10.1. The Morgan fingerprint density at radius 1 is 0.867 bits per heavy atom. The van der Waals surface area contributed by atoms with Crippen molar-refractivity contribution in [3.63, 3.8) is 0 Å². The molecule has 0 heterocycles. The third-order valence-electron chi connectivity index (χ3n) is 1.58. The van der Waals surface area contributed by atoms with Crippen LogP contribution in [0.4, 0.5) is 5.69 Å². The first-order valence-electron chi connectivity index (χ1n) is 3.60. The average Bonchev–Trinajstić information content (AvgIpc) is 2.03. The minimum Gasteiger partial charge on any atom is -0.399 e. The molecule has 0 spiro atoms. The topological polar surface area (TPSA) is 126 Å². The van der Waals surface area contributed by atoms with Gasteiger partial charge in [-0.1, -0.05) is 0 Å². The number of nitrogens with one attached hydrogen (secondary N) is 2. The van der Waals surface area contributed by atoms with Gasteiger partial charge in [-0.25, -0.2) is 0 Å². The van der Waals surface area contributed by atoms with E-state index in [-0.39, 0.29) is 36.5 Å². The van der Waals surface area contributed by atoms with Crippen LogP contribution < -0.4 is 17.2 Å². The van der Waals surface area contributed by atoms with E-state index in [9.17, 15) is 0 Å². The second kappa shape index (κ2) is 6.10. The number of anilines is 1. The second-order valence-electron chi connectivity index (χ2n) is 2.67. The van der Waals surface area contributed by atoms with Crippen molar-refractivity contribution in [3.8, 4) is 0 Å². The van der Waals surface area contributed by atoms with Crippen molar-refractivity contribution >= 4 is 42.2 Å². The normalized spacial score (nSPS) is 8.27. The summed E-state index contributed by atoms with van der Waals surface area (Å²) in [5.74, 6) is -0.176.